The second-order valence-corrected chi connectivity index (χ2v) is 10.4. The molecular formula is C23H22ClF3N2O4S. The van der Waals surface area contributed by atoms with Crippen LogP contribution in [-0.2, 0) is 22.6 Å². The number of amides is 1. The molecule has 0 saturated carbocycles. The number of carbonyl (C=O) groups is 1. The Hall–Kier alpha value is -2.98. The van der Waals surface area contributed by atoms with Gasteiger partial charge < -0.3 is 14.2 Å². The maximum absolute atomic E-state index is 14.0. The summed E-state index contributed by atoms with van der Waals surface area (Å²) < 4.78 is 71.3. The molecule has 0 saturated heterocycles. The van der Waals surface area contributed by atoms with Crippen molar-refractivity contribution in [1.29, 1.82) is 0 Å². The van der Waals surface area contributed by atoms with Crippen LogP contribution < -0.4 is 4.74 Å². The van der Waals surface area contributed by atoms with E-state index < -0.39 is 27.8 Å². The number of carbonyl (C=O) groups excluding carboxylic acids is 1. The van der Waals surface area contributed by atoms with E-state index in [-0.39, 0.29) is 30.3 Å². The first-order chi connectivity index (χ1) is 15.8. The summed E-state index contributed by atoms with van der Waals surface area (Å²) in [5, 5.41) is 0.391. The van der Waals surface area contributed by atoms with Gasteiger partial charge in [0.1, 0.15) is 15.5 Å². The van der Waals surface area contributed by atoms with E-state index in [0.29, 0.717) is 16.1 Å². The van der Waals surface area contributed by atoms with Gasteiger partial charge in [-0.1, -0.05) is 54.1 Å². The van der Waals surface area contributed by atoms with Gasteiger partial charge in [0.15, 0.2) is 0 Å². The van der Waals surface area contributed by atoms with Crippen LogP contribution in [0.2, 0.25) is 5.02 Å². The highest BCUT2D eigenvalue weighted by atomic mass is 35.5. The molecule has 0 radical (unpaired) electrons. The van der Waals surface area contributed by atoms with Gasteiger partial charge in [-0.05, 0) is 29.3 Å². The Morgan fingerprint density at radius 1 is 1.09 bits per heavy atom. The molecule has 6 nitrogen and oxygen atoms in total. The van der Waals surface area contributed by atoms with Crippen LogP contribution in [0.1, 0.15) is 11.3 Å². The number of ether oxygens (including phenoxy) is 1. The normalized spacial score (nSPS) is 11.9. The molecule has 0 N–H and O–H groups in total. The molecule has 0 atom stereocenters. The number of aromatic nitrogens is 1. The standard InChI is InChI=1S/C23H22ClF3N2O4S/c1-28(12-13-34(2,31)32)22(30)33-21-19(17-8-10-18(24)11-9-17)14-20(23(25,26)27)29(21)15-16-6-4-3-5-7-16/h3-11,14H,12-13,15H2,1-2H3. The Morgan fingerprint density at radius 3 is 2.26 bits per heavy atom. The maximum atomic E-state index is 14.0. The van der Waals surface area contributed by atoms with Gasteiger partial charge in [0.25, 0.3) is 0 Å². The summed E-state index contributed by atoms with van der Waals surface area (Å²) in [6.07, 6.45) is -4.70. The SMILES string of the molecule is CN(CCS(C)(=O)=O)C(=O)Oc1c(-c2ccc(Cl)cc2)cc(C(F)(F)F)n1Cc1ccccc1. The minimum atomic E-state index is -4.73. The predicted molar refractivity (Wildman–Crippen MR) is 124 cm³/mol. The summed E-state index contributed by atoms with van der Waals surface area (Å²) in [5.74, 6) is -0.628. The van der Waals surface area contributed by atoms with Crippen LogP contribution in [0, 0.1) is 0 Å². The number of benzene rings is 2. The third-order valence-electron chi connectivity index (χ3n) is 4.97. The fourth-order valence-corrected chi connectivity index (χ4v) is 3.92. The number of sulfone groups is 1. The first kappa shape index (κ1) is 25.6. The largest absolute Gasteiger partial charge is 0.431 e. The van der Waals surface area contributed by atoms with E-state index in [2.05, 4.69) is 0 Å². The molecule has 3 aromatic rings. The van der Waals surface area contributed by atoms with E-state index in [1.165, 1.54) is 31.3 Å². The van der Waals surface area contributed by atoms with Crippen LogP contribution in [0.25, 0.3) is 11.1 Å². The van der Waals surface area contributed by atoms with Crippen molar-refractivity contribution in [2.45, 2.75) is 12.7 Å². The molecule has 0 bridgehead atoms. The van der Waals surface area contributed by atoms with Crippen LogP contribution in [0.3, 0.4) is 0 Å². The molecule has 2 aromatic carbocycles. The summed E-state index contributed by atoms with van der Waals surface area (Å²) in [7, 11) is -2.05. The molecule has 182 valence electrons. The highest BCUT2D eigenvalue weighted by Gasteiger charge is 2.38. The predicted octanol–water partition coefficient (Wildman–Crippen LogP) is 5.35. The van der Waals surface area contributed by atoms with Crippen molar-refractivity contribution < 1.29 is 31.1 Å². The fraction of sp³-hybridized carbons (Fsp3) is 0.261. The minimum absolute atomic E-state index is 0.0461. The van der Waals surface area contributed by atoms with Crippen LogP contribution in [0.15, 0.2) is 60.7 Å². The van der Waals surface area contributed by atoms with Gasteiger partial charge in [-0.2, -0.15) is 13.2 Å². The summed E-state index contributed by atoms with van der Waals surface area (Å²) in [6.45, 7) is -0.390. The second-order valence-electron chi connectivity index (χ2n) is 7.74. The monoisotopic (exact) mass is 514 g/mol. The zero-order valence-electron chi connectivity index (χ0n) is 18.3. The first-order valence-electron chi connectivity index (χ1n) is 10.1. The maximum Gasteiger partial charge on any atom is 0.431 e. The Kier molecular flexibility index (Phi) is 7.62. The van der Waals surface area contributed by atoms with Crippen molar-refractivity contribution in [3.8, 4) is 17.0 Å². The lowest BCUT2D eigenvalue weighted by Crippen LogP contribution is -2.34. The smallest absolute Gasteiger partial charge is 0.392 e. The zero-order chi connectivity index (χ0) is 25.1. The van der Waals surface area contributed by atoms with Crippen molar-refractivity contribution in [2.75, 3.05) is 25.6 Å². The Labute approximate surface area is 200 Å². The number of nitrogens with zero attached hydrogens (tertiary/aromatic N) is 2. The third kappa shape index (κ3) is 6.54. The van der Waals surface area contributed by atoms with Crippen molar-refractivity contribution in [1.82, 2.24) is 9.47 Å². The molecule has 0 unspecified atom stereocenters. The second kappa shape index (κ2) is 10.1. The lowest BCUT2D eigenvalue weighted by atomic mass is 10.1. The summed E-state index contributed by atoms with van der Waals surface area (Å²) in [5.41, 5.74) is -0.0232. The Morgan fingerprint density at radius 2 is 1.71 bits per heavy atom. The third-order valence-corrected chi connectivity index (χ3v) is 6.15. The van der Waals surface area contributed by atoms with E-state index in [0.717, 1.165) is 21.8 Å². The number of alkyl halides is 3. The molecule has 0 fully saturated rings. The highest BCUT2D eigenvalue weighted by Crippen LogP contribution is 2.41. The lowest BCUT2D eigenvalue weighted by Gasteiger charge is -2.19. The van der Waals surface area contributed by atoms with Gasteiger partial charge in [0.2, 0.25) is 5.88 Å². The molecule has 0 aliphatic carbocycles. The molecule has 1 aromatic heterocycles. The van der Waals surface area contributed by atoms with Gasteiger partial charge >= 0.3 is 12.3 Å². The van der Waals surface area contributed by atoms with E-state index >= 15 is 0 Å². The number of hydrogen-bond donors (Lipinski definition) is 0. The summed E-state index contributed by atoms with van der Waals surface area (Å²) in [4.78, 5) is 13.7. The van der Waals surface area contributed by atoms with Crippen LogP contribution in [0.4, 0.5) is 18.0 Å². The van der Waals surface area contributed by atoms with Crippen molar-refractivity contribution in [3.05, 3.63) is 76.9 Å². The van der Waals surface area contributed by atoms with E-state index in [1.807, 2.05) is 0 Å². The van der Waals surface area contributed by atoms with Crippen LogP contribution in [-0.4, -0.2) is 49.6 Å². The van der Waals surface area contributed by atoms with E-state index in [9.17, 15) is 26.4 Å². The van der Waals surface area contributed by atoms with E-state index in [1.54, 1.807) is 30.3 Å². The minimum Gasteiger partial charge on any atom is -0.392 e. The van der Waals surface area contributed by atoms with Crippen molar-refractivity contribution >= 4 is 27.5 Å². The molecule has 11 heteroatoms. The molecular weight excluding hydrogens is 493 g/mol. The van der Waals surface area contributed by atoms with Crippen molar-refractivity contribution in [3.63, 3.8) is 0 Å². The number of halogens is 4. The average molecular weight is 515 g/mol. The molecule has 3 rings (SSSR count). The Bertz CT molecular complexity index is 1260. The molecule has 0 aliphatic rings. The summed E-state index contributed by atoms with van der Waals surface area (Å²) >= 11 is 5.93. The molecule has 0 spiro atoms. The molecule has 34 heavy (non-hydrogen) atoms. The van der Waals surface area contributed by atoms with Gasteiger partial charge in [-0.25, -0.2) is 13.2 Å². The quantitative estimate of drug-likeness (QED) is 0.426. The topological polar surface area (TPSA) is 68.6 Å². The van der Waals surface area contributed by atoms with Gasteiger partial charge in [-0.15, -0.1) is 0 Å². The average Bonchev–Trinajstić information content (AvgIpc) is 3.11. The first-order valence-corrected chi connectivity index (χ1v) is 12.5. The van der Waals surface area contributed by atoms with Gasteiger partial charge in [-0.3, -0.25) is 0 Å². The van der Waals surface area contributed by atoms with Crippen LogP contribution in [0.5, 0.6) is 5.88 Å². The molecule has 0 aliphatic heterocycles. The summed E-state index contributed by atoms with van der Waals surface area (Å²) in [6, 6.07) is 15.4. The molecule has 1 heterocycles. The van der Waals surface area contributed by atoms with Crippen molar-refractivity contribution in [2.24, 2.45) is 0 Å². The number of hydrogen-bond acceptors (Lipinski definition) is 4. The highest BCUT2D eigenvalue weighted by molar-refractivity contribution is 7.90. The lowest BCUT2D eigenvalue weighted by molar-refractivity contribution is -0.143. The van der Waals surface area contributed by atoms with Gasteiger partial charge in [0, 0.05) is 30.4 Å². The molecule has 1 amide bonds. The zero-order valence-corrected chi connectivity index (χ0v) is 19.9. The Balaban J connectivity index is 2.10. The van der Waals surface area contributed by atoms with Crippen LogP contribution >= 0.6 is 11.6 Å². The number of rotatable bonds is 7. The van der Waals surface area contributed by atoms with E-state index in [4.69, 9.17) is 16.3 Å². The fourth-order valence-electron chi connectivity index (χ4n) is 3.19. The van der Waals surface area contributed by atoms with Gasteiger partial charge in [0.05, 0.1) is 12.3 Å².